The molecule has 0 aromatic heterocycles. The van der Waals surface area contributed by atoms with Crippen LogP contribution in [0, 0.1) is 0 Å². The molecule has 0 radical (unpaired) electrons. The SMILES string of the molecule is CO[C@H]1[C@H](O)[C@H](N)[C@@H](O[C@@H]2O[C@H]([C@@H](C)N)CC[C@@H]2N)[C@@H](O)[C@H]1N(C)C(=O)CN=CN. The van der Waals surface area contributed by atoms with Crippen LogP contribution in [0.1, 0.15) is 19.8 Å². The highest BCUT2D eigenvalue weighted by Crippen LogP contribution is 2.31. The molecule has 0 bridgehead atoms. The van der Waals surface area contributed by atoms with E-state index in [1.54, 1.807) is 0 Å². The number of nitrogens with two attached hydrogens (primary N) is 4. The standard InChI is InChI=1S/C18H36N6O6/c1-8(20)10-5-4-9(21)18(29-10)30-16-12(22)14(26)17(28-3)13(15(16)27)24(2)11(25)6-23-7-19/h7-10,12-18,26-27H,4-6,20-22H2,1-3H3,(H2,19,23)/t8-,9+,10+,12+,13-,14-,15+,16-,17-,18+/m1/s1. The van der Waals surface area contributed by atoms with Crippen LogP contribution in [-0.4, -0.2) is 109 Å². The van der Waals surface area contributed by atoms with Crippen molar-refractivity contribution in [2.75, 3.05) is 20.7 Å². The van der Waals surface area contributed by atoms with Crippen LogP contribution in [0.15, 0.2) is 4.99 Å². The Hall–Kier alpha value is -1.38. The van der Waals surface area contributed by atoms with Crippen molar-refractivity contribution in [3.8, 4) is 0 Å². The van der Waals surface area contributed by atoms with Crippen LogP contribution in [-0.2, 0) is 19.0 Å². The molecule has 1 heterocycles. The molecule has 1 saturated heterocycles. The third-order valence-corrected chi connectivity index (χ3v) is 5.90. The lowest BCUT2D eigenvalue weighted by atomic mass is 9.80. The minimum Gasteiger partial charge on any atom is -0.390 e. The molecule has 30 heavy (non-hydrogen) atoms. The zero-order chi connectivity index (χ0) is 22.6. The van der Waals surface area contributed by atoms with E-state index in [9.17, 15) is 15.0 Å². The van der Waals surface area contributed by atoms with Gasteiger partial charge in [0.15, 0.2) is 6.29 Å². The normalized spacial score (nSPS) is 41.0. The minimum absolute atomic E-state index is 0.215. The van der Waals surface area contributed by atoms with Crippen molar-refractivity contribution in [3.63, 3.8) is 0 Å². The van der Waals surface area contributed by atoms with E-state index < -0.39 is 54.7 Å². The number of carbonyl (C=O) groups excluding carboxylic acids is 1. The highest BCUT2D eigenvalue weighted by Gasteiger charge is 2.53. The van der Waals surface area contributed by atoms with E-state index in [4.69, 9.17) is 37.1 Å². The average molecular weight is 433 g/mol. The third kappa shape index (κ3) is 5.26. The van der Waals surface area contributed by atoms with Crippen LogP contribution in [0.2, 0.25) is 0 Å². The molecule has 12 nitrogen and oxygen atoms in total. The number of aliphatic hydroxyl groups is 2. The topological polar surface area (TPSA) is 205 Å². The van der Waals surface area contributed by atoms with Crippen LogP contribution in [0.4, 0.5) is 0 Å². The molecule has 2 fully saturated rings. The van der Waals surface area contributed by atoms with Gasteiger partial charge in [-0.1, -0.05) is 0 Å². The average Bonchev–Trinajstić information content (AvgIpc) is 2.72. The Morgan fingerprint density at radius 2 is 1.97 bits per heavy atom. The number of nitrogens with zero attached hydrogens (tertiary/aromatic N) is 2. The van der Waals surface area contributed by atoms with Crippen LogP contribution in [0.3, 0.4) is 0 Å². The monoisotopic (exact) mass is 432 g/mol. The van der Waals surface area contributed by atoms with E-state index in [0.29, 0.717) is 12.8 Å². The van der Waals surface area contributed by atoms with E-state index in [2.05, 4.69) is 4.99 Å². The number of aliphatic hydroxyl groups excluding tert-OH is 2. The zero-order valence-corrected chi connectivity index (χ0v) is 17.7. The number of carbonyl (C=O) groups is 1. The fraction of sp³-hybridized carbons (Fsp3) is 0.889. The largest absolute Gasteiger partial charge is 0.390 e. The zero-order valence-electron chi connectivity index (χ0n) is 17.7. The van der Waals surface area contributed by atoms with Crippen molar-refractivity contribution >= 4 is 12.2 Å². The van der Waals surface area contributed by atoms with E-state index in [1.807, 2.05) is 6.92 Å². The first-order chi connectivity index (χ1) is 14.1. The summed E-state index contributed by atoms with van der Waals surface area (Å²) in [5.41, 5.74) is 23.5. The third-order valence-electron chi connectivity index (χ3n) is 5.90. The van der Waals surface area contributed by atoms with Gasteiger partial charge in [0.25, 0.3) is 0 Å². The molecule has 0 spiro atoms. The maximum Gasteiger partial charge on any atom is 0.244 e. The van der Waals surface area contributed by atoms with E-state index in [0.717, 1.165) is 6.34 Å². The second-order valence-electron chi connectivity index (χ2n) is 7.99. The van der Waals surface area contributed by atoms with Gasteiger partial charge in [-0.3, -0.25) is 9.79 Å². The van der Waals surface area contributed by atoms with Gasteiger partial charge in [0, 0.05) is 20.2 Å². The number of methoxy groups -OCH3 is 1. The molecule has 0 aromatic carbocycles. The molecule has 2 rings (SSSR count). The van der Waals surface area contributed by atoms with Crippen molar-refractivity contribution in [2.24, 2.45) is 27.9 Å². The van der Waals surface area contributed by atoms with Gasteiger partial charge in [0.2, 0.25) is 5.91 Å². The van der Waals surface area contributed by atoms with Gasteiger partial charge in [-0.2, -0.15) is 0 Å². The molecule has 174 valence electrons. The van der Waals surface area contributed by atoms with Gasteiger partial charge < -0.3 is 52.3 Å². The minimum atomic E-state index is -1.28. The molecule has 12 heteroatoms. The summed E-state index contributed by atoms with van der Waals surface area (Å²) in [4.78, 5) is 17.4. The first-order valence-corrected chi connectivity index (χ1v) is 10.1. The Morgan fingerprint density at radius 1 is 1.30 bits per heavy atom. The fourth-order valence-corrected chi connectivity index (χ4v) is 4.05. The van der Waals surface area contributed by atoms with Crippen LogP contribution < -0.4 is 22.9 Å². The summed E-state index contributed by atoms with van der Waals surface area (Å²) in [6.45, 7) is 1.61. The van der Waals surface area contributed by atoms with Crippen molar-refractivity contribution in [2.45, 2.75) is 80.7 Å². The molecule has 0 unspecified atom stereocenters. The van der Waals surface area contributed by atoms with Gasteiger partial charge in [-0.05, 0) is 19.8 Å². The Kier molecular flexibility index (Phi) is 8.94. The van der Waals surface area contributed by atoms with Gasteiger partial charge in [0.1, 0.15) is 24.9 Å². The summed E-state index contributed by atoms with van der Waals surface area (Å²) in [6, 6.07) is -2.62. The number of aliphatic imine (C=N–C) groups is 1. The summed E-state index contributed by atoms with van der Waals surface area (Å²) in [6.07, 6.45) is -3.29. The van der Waals surface area contributed by atoms with Gasteiger partial charge in [0.05, 0.1) is 36.7 Å². The summed E-state index contributed by atoms with van der Waals surface area (Å²) in [5, 5.41) is 21.8. The summed E-state index contributed by atoms with van der Waals surface area (Å²) >= 11 is 0. The maximum atomic E-state index is 12.4. The quantitative estimate of drug-likeness (QED) is 0.172. The fourth-order valence-electron chi connectivity index (χ4n) is 4.05. The van der Waals surface area contributed by atoms with Crippen molar-refractivity contribution < 1.29 is 29.2 Å². The summed E-state index contributed by atoms with van der Waals surface area (Å²) < 4.78 is 17.2. The number of amides is 1. The second-order valence-corrected chi connectivity index (χ2v) is 7.99. The lowest BCUT2D eigenvalue weighted by Gasteiger charge is -2.50. The predicted molar refractivity (Wildman–Crippen MR) is 109 cm³/mol. The maximum absolute atomic E-state index is 12.4. The lowest BCUT2D eigenvalue weighted by molar-refractivity contribution is -0.267. The Bertz CT molecular complexity index is 596. The molecule has 1 saturated carbocycles. The number of hydrogen-bond donors (Lipinski definition) is 6. The molecule has 10 atom stereocenters. The van der Waals surface area contributed by atoms with Gasteiger partial charge in [-0.25, -0.2) is 0 Å². The molecule has 0 aromatic rings. The first kappa shape index (κ1) is 24.9. The highest BCUT2D eigenvalue weighted by atomic mass is 16.7. The Labute approximate surface area is 176 Å². The van der Waals surface area contributed by atoms with Crippen LogP contribution >= 0.6 is 0 Å². The van der Waals surface area contributed by atoms with E-state index in [1.165, 1.54) is 19.1 Å². The smallest absolute Gasteiger partial charge is 0.244 e. The van der Waals surface area contributed by atoms with E-state index in [-0.39, 0.29) is 18.7 Å². The highest BCUT2D eigenvalue weighted by molar-refractivity contribution is 5.79. The molecule has 1 aliphatic carbocycles. The lowest BCUT2D eigenvalue weighted by Crippen LogP contribution is -2.72. The first-order valence-electron chi connectivity index (χ1n) is 10.1. The van der Waals surface area contributed by atoms with Crippen LogP contribution in [0.5, 0.6) is 0 Å². The Morgan fingerprint density at radius 3 is 2.53 bits per heavy atom. The van der Waals surface area contributed by atoms with Crippen LogP contribution in [0.25, 0.3) is 0 Å². The van der Waals surface area contributed by atoms with E-state index >= 15 is 0 Å². The molecule has 10 N–H and O–H groups in total. The Balaban J connectivity index is 2.23. The molecule has 1 amide bonds. The van der Waals surface area contributed by atoms with Crippen molar-refractivity contribution in [1.29, 1.82) is 0 Å². The molecule has 1 aliphatic heterocycles. The number of ether oxygens (including phenoxy) is 3. The van der Waals surface area contributed by atoms with Gasteiger partial charge in [-0.15, -0.1) is 0 Å². The summed E-state index contributed by atoms with van der Waals surface area (Å²) in [7, 11) is 2.84. The number of rotatable bonds is 7. The molecule has 2 aliphatic rings. The molecular formula is C18H36N6O6. The predicted octanol–water partition coefficient (Wildman–Crippen LogP) is -3.56. The van der Waals surface area contributed by atoms with Gasteiger partial charge >= 0.3 is 0 Å². The second kappa shape index (κ2) is 10.8. The number of hydrogen-bond acceptors (Lipinski definition) is 10. The molecular weight excluding hydrogens is 396 g/mol. The summed E-state index contributed by atoms with van der Waals surface area (Å²) in [5.74, 6) is -0.424. The van der Waals surface area contributed by atoms with Crippen molar-refractivity contribution in [1.82, 2.24) is 4.90 Å². The van der Waals surface area contributed by atoms with Crippen molar-refractivity contribution in [3.05, 3.63) is 0 Å². The number of likely N-dealkylation sites (N-methyl/N-ethyl adjacent to an activating group) is 1.